The Morgan fingerprint density at radius 2 is 1.93 bits per heavy atom. The molecule has 0 radical (unpaired) electrons. The smallest absolute Gasteiger partial charge is 0.336 e. The number of carbonyl (C=O) groups excluding carboxylic acids is 3. The number of Topliss-reactive ketones (excluding diaryl/α,β-unsaturated/α-hetero) is 1. The van der Waals surface area contributed by atoms with E-state index >= 15 is 0 Å². The Labute approximate surface area is 169 Å². The number of imide groups is 1. The minimum Gasteiger partial charge on any atom is -0.336 e. The number of alkyl halides is 3. The van der Waals surface area contributed by atoms with E-state index in [1.165, 1.54) is 0 Å². The summed E-state index contributed by atoms with van der Waals surface area (Å²) in [7, 11) is 5.47. The number of likely N-dealkylation sites (tertiary alicyclic amines) is 1. The number of likely N-dealkylation sites (N-methyl/N-ethyl adjacent to an activating group) is 1. The van der Waals surface area contributed by atoms with Gasteiger partial charge in [-0.1, -0.05) is 0 Å². The van der Waals surface area contributed by atoms with Gasteiger partial charge < -0.3 is 15.1 Å². The summed E-state index contributed by atoms with van der Waals surface area (Å²) in [6, 6.07) is -0.597. The Bertz CT molecular complexity index is 612. The van der Waals surface area contributed by atoms with E-state index in [1.807, 2.05) is 16.8 Å². The van der Waals surface area contributed by atoms with Crippen molar-refractivity contribution in [2.45, 2.75) is 44.3 Å². The van der Waals surface area contributed by atoms with Crippen LogP contribution in [-0.2, 0) is 9.59 Å². The molecule has 0 spiro atoms. The highest BCUT2D eigenvalue weighted by molar-refractivity contribution is 5.95. The second-order valence-corrected chi connectivity index (χ2v) is 8.37. The SMILES string of the molecule is CN(C)CCNC(=O)N(CCC(F)(F)F)C(=O)[C@@H]1CC2CC(=O)CC[C@H]2N(C)C1. The zero-order chi connectivity index (χ0) is 21.8. The van der Waals surface area contributed by atoms with Gasteiger partial charge in [0, 0.05) is 45.1 Å². The maximum atomic E-state index is 13.0. The maximum Gasteiger partial charge on any atom is 0.390 e. The zero-order valence-corrected chi connectivity index (χ0v) is 17.3. The Hall–Kier alpha value is -1.68. The standard InChI is InChI=1S/C19H31F3N4O3/c1-24(2)9-7-23-18(29)26(8-6-19(20,21)22)17(28)14-10-13-11-15(27)4-5-16(13)25(3)12-14/h13-14,16H,4-12H2,1-3H3,(H,23,29)/t13?,14-,16-/m1/s1. The van der Waals surface area contributed by atoms with Crippen molar-refractivity contribution in [1.82, 2.24) is 20.0 Å². The molecule has 1 saturated heterocycles. The highest BCUT2D eigenvalue weighted by Crippen LogP contribution is 2.36. The summed E-state index contributed by atoms with van der Waals surface area (Å²) in [5.74, 6) is -1.03. The van der Waals surface area contributed by atoms with Gasteiger partial charge in [0.25, 0.3) is 0 Å². The number of rotatable bonds is 6. The number of hydrogen-bond donors (Lipinski definition) is 1. The molecule has 3 atom stereocenters. The number of nitrogens with one attached hydrogen (secondary N) is 1. The number of amides is 3. The molecule has 1 unspecified atom stereocenters. The predicted octanol–water partition coefficient (Wildman–Crippen LogP) is 1.73. The molecule has 166 valence electrons. The van der Waals surface area contributed by atoms with E-state index in [2.05, 4.69) is 5.32 Å². The molecule has 1 heterocycles. The first-order valence-electron chi connectivity index (χ1n) is 10.0. The Morgan fingerprint density at radius 3 is 2.55 bits per heavy atom. The van der Waals surface area contributed by atoms with Gasteiger partial charge in [-0.2, -0.15) is 13.2 Å². The lowest BCUT2D eigenvalue weighted by Gasteiger charge is -2.45. The van der Waals surface area contributed by atoms with Crippen LogP contribution in [0, 0.1) is 11.8 Å². The van der Waals surface area contributed by atoms with Crippen LogP contribution in [0.4, 0.5) is 18.0 Å². The molecule has 1 saturated carbocycles. The van der Waals surface area contributed by atoms with Crippen LogP contribution in [-0.4, -0.2) is 92.0 Å². The number of fused-ring (bicyclic) bond motifs is 1. The molecule has 0 aromatic rings. The zero-order valence-electron chi connectivity index (χ0n) is 17.3. The van der Waals surface area contributed by atoms with Gasteiger partial charge in [0.15, 0.2) is 0 Å². The summed E-state index contributed by atoms with van der Waals surface area (Å²) in [5.41, 5.74) is 0. The lowest BCUT2D eigenvalue weighted by molar-refractivity contribution is -0.147. The summed E-state index contributed by atoms with van der Waals surface area (Å²) in [5, 5.41) is 2.53. The summed E-state index contributed by atoms with van der Waals surface area (Å²) in [6.45, 7) is 0.404. The van der Waals surface area contributed by atoms with Gasteiger partial charge in [-0.3, -0.25) is 14.5 Å². The molecule has 10 heteroatoms. The molecule has 0 aromatic carbocycles. The van der Waals surface area contributed by atoms with Crippen LogP contribution >= 0.6 is 0 Å². The molecule has 3 amide bonds. The van der Waals surface area contributed by atoms with Crippen molar-refractivity contribution in [3.8, 4) is 0 Å². The number of carbonyl (C=O) groups is 3. The highest BCUT2D eigenvalue weighted by atomic mass is 19.4. The van der Waals surface area contributed by atoms with E-state index in [9.17, 15) is 27.6 Å². The molecule has 1 aliphatic carbocycles. The second kappa shape index (κ2) is 9.88. The number of ketones is 1. The van der Waals surface area contributed by atoms with Gasteiger partial charge >= 0.3 is 12.2 Å². The average molecular weight is 420 g/mol. The Kier molecular flexibility index (Phi) is 8.04. The molecule has 0 aromatic heterocycles. The molecule has 1 aliphatic heterocycles. The molecule has 2 rings (SSSR count). The predicted molar refractivity (Wildman–Crippen MR) is 101 cm³/mol. The number of urea groups is 1. The third-order valence-corrected chi connectivity index (χ3v) is 5.73. The van der Waals surface area contributed by atoms with E-state index < -0.39 is 37.0 Å². The molecule has 29 heavy (non-hydrogen) atoms. The maximum absolute atomic E-state index is 13.0. The number of nitrogens with zero attached hydrogens (tertiary/aromatic N) is 3. The topological polar surface area (TPSA) is 73.0 Å². The van der Waals surface area contributed by atoms with Crippen LogP contribution in [0.3, 0.4) is 0 Å². The van der Waals surface area contributed by atoms with Crippen LogP contribution in [0.1, 0.15) is 32.1 Å². The van der Waals surface area contributed by atoms with Crippen molar-refractivity contribution in [3.63, 3.8) is 0 Å². The van der Waals surface area contributed by atoms with Gasteiger partial charge in [-0.25, -0.2) is 4.79 Å². The van der Waals surface area contributed by atoms with Gasteiger partial charge in [0.2, 0.25) is 5.91 Å². The lowest BCUT2D eigenvalue weighted by atomic mass is 9.74. The van der Waals surface area contributed by atoms with E-state index in [-0.39, 0.29) is 24.3 Å². The average Bonchev–Trinajstić information content (AvgIpc) is 2.59. The first kappa shape index (κ1) is 23.6. The van der Waals surface area contributed by atoms with Crippen molar-refractivity contribution in [2.24, 2.45) is 11.8 Å². The van der Waals surface area contributed by atoms with Crippen molar-refractivity contribution < 1.29 is 27.6 Å². The Morgan fingerprint density at radius 1 is 1.24 bits per heavy atom. The van der Waals surface area contributed by atoms with Crippen molar-refractivity contribution in [1.29, 1.82) is 0 Å². The van der Waals surface area contributed by atoms with Gasteiger partial charge in [-0.15, -0.1) is 0 Å². The molecule has 1 N–H and O–H groups in total. The first-order valence-corrected chi connectivity index (χ1v) is 10.0. The minimum absolute atomic E-state index is 0.00483. The minimum atomic E-state index is -4.47. The summed E-state index contributed by atoms with van der Waals surface area (Å²) < 4.78 is 38.2. The summed E-state index contributed by atoms with van der Waals surface area (Å²) >= 11 is 0. The molecule has 2 fully saturated rings. The fourth-order valence-corrected chi connectivity index (χ4v) is 4.25. The first-order chi connectivity index (χ1) is 13.5. The molecular weight excluding hydrogens is 389 g/mol. The van der Waals surface area contributed by atoms with E-state index in [1.54, 1.807) is 14.1 Å². The van der Waals surface area contributed by atoms with E-state index in [0.717, 1.165) is 6.42 Å². The normalized spacial score (nSPS) is 25.6. The Balaban J connectivity index is 2.08. The fourth-order valence-electron chi connectivity index (χ4n) is 4.25. The van der Waals surface area contributed by atoms with Gasteiger partial charge in [0.1, 0.15) is 5.78 Å². The molecule has 2 aliphatic rings. The van der Waals surface area contributed by atoms with Crippen molar-refractivity contribution in [2.75, 3.05) is 47.3 Å². The van der Waals surface area contributed by atoms with Crippen molar-refractivity contribution in [3.05, 3.63) is 0 Å². The summed E-state index contributed by atoms with van der Waals surface area (Å²) in [6.07, 6.45) is -3.64. The third kappa shape index (κ3) is 6.95. The van der Waals surface area contributed by atoms with Crippen LogP contribution in [0.2, 0.25) is 0 Å². The molecule has 0 bridgehead atoms. The summed E-state index contributed by atoms with van der Waals surface area (Å²) in [4.78, 5) is 41.9. The highest BCUT2D eigenvalue weighted by Gasteiger charge is 2.42. The monoisotopic (exact) mass is 420 g/mol. The van der Waals surface area contributed by atoms with Crippen LogP contribution in [0.15, 0.2) is 0 Å². The van der Waals surface area contributed by atoms with Gasteiger partial charge in [0.05, 0.1) is 12.3 Å². The fraction of sp³-hybridized carbons (Fsp3) is 0.842. The largest absolute Gasteiger partial charge is 0.390 e. The lowest BCUT2D eigenvalue weighted by Crippen LogP contribution is -2.55. The van der Waals surface area contributed by atoms with Crippen LogP contribution in [0.5, 0.6) is 0 Å². The third-order valence-electron chi connectivity index (χ3n) is 5.73. The van der Waals surface area contributed by atoms with E-state index in [0.29, 0.717) is 37.3 Å². The molecule has 7 nitrogen and oxygen atoms in total. The van der Waals surface area contributed by atoms with E-state index in [4.69, 9.17) is 0 Å². The van der Waals surface area contributed by atoms with Crippen LogP contribution in [0.25, 0.3) is 0 Å². The van der Waals surface area contributed by atoms with Gasteiger partial charge in [-0.05, 0) is 39.9 Å². The second-order valence-electron chi connectivity index (χ2n) is 8.37. The number of hydrogen-bond acceptors (Lipinski definition) is 5. The quantitative estimate of drug-likeness (QED) is 0.709. The van der Waals surface area contributed by atoms with Crippen molar-refractivity contribution >= 4 is 17.7 Å². The molecular formula is C19H31F3N4O3. The van der Waals surface area contributed by atoms with Crippen LogP contribution < -0.4 is 5.32 Å². The number of piperidine rings is 1. The number of halogens is 3.